The van der Waals surface area contributed by atoms with E-state index in [1.54, 1.807) is 24.3 Å². The average Bonchev–Trinajstić information content (AvgIpc) is 2.33. The number of benzene rings is 1. The Hall–Kier alpha value is -1.11. The topological polar surface area (TPSA) is 72.6 Å². The first-order valence-corrected chi connectivity index (χ1v) is 7.09. The van der Waals surface area contributed by atoms with Crippen LogP contribution in [0, 0.1) is 0 Å². The van der Waals surface area contributed by atoms with Crippen LogP contribution < -0.4 is 5.73 Å². The van der Waals surface area contributed by atoms with Crippen LogP contribution in [-0.4, -0.2) is 39.0 Å². The number of morpholine rings is 1. The lowest BCUT2D eigenvalue weighted by Gasteiger charge is -2.26. The van der Waals surface area contributed by atoms with Crippen LogP contribution in [-0.2, 0) is 20.5 Å². The molecule has 6 heteroatoms. The molecule has 1 aliphatic heterocycles. The summed E-state index contributed by atoms with van der Waals surface area (Å²) in [6.07, 6.45) is 0. The van der Waals surface area contributed by atoms with Gasteiger partial charge in [0.2, 0.25) is 10.0 Å². The largest absolute Gasteiger partial charge is 0.398 e. The summed E-state index contributed by atoms with van der Waals surface area (Å²) in [6.45, 7) is 1.77. The molecule has 0 amide bonds. The molecule has 1 fully saturated rings. The van der Waals surface area contributed by atoms with Crippen molar-refractivity contribution in [3.05, 3.63) is 29.8 Å². The fourth-order valence-electron chi connectivity index (χ4n) is 1.78. The van der Waals surface area contributed by atoms with Gasteiger partial charge >= 0.3 is 0 Å². The van der Waals surface area contributed by atoms with Gasteiger partial charge in [0, 0.05) is 18.8 Å². The molecule has 0 aromatic heterocycles. The highest BCUT2D eigenvalue weighted by atomic mass is 32.2. The zero-order valence-electron chi connectivity index (χ0n) is 9.50. The molecule has 94 valence electrons. The number of nitrogen functional groups attached to an aromatic ring is 1. The molecule has 1 aromatic rings. The number of nitrogens with two attached hydrogens (primary N) is 1. The van der Waals surface area contributed by atoms with Gasteiger partial charge in [0.1, 0.15) is 0 Å². The monoisotopic (exact) mass is 256 g/mol. The van der Waals surface area contributed by atoms with Gasteiger partial charge < -0.3 is 10.5 Å². The Morgan fingerprint density at radius 1 is 1.24 bits per heavy atom. The molecule has 1 saturated heterocycles. The fourth-order valence-corrected chi connectivity index (χ4v) is 3.32. The number of hydrogen-bond acceptors (Lipinski definition) is 4. The molecule has 0 saturated carbocycles. The van der Waals surface area contributed by atoms with E-state index >= 15 is 0 Å². The summed E-state index contributed by atoms with van der Waals surface area (Å²) in [4.78, 5) is 0. The van der Waals surface area contributed by atoms with Crippen molar-refractivity contribution in [1.29, 1.82) is 0 Å². The fraction of sp³-hybridized carbons (Fsp3) is 0.455. The Bertz CT molecular complexity index is 481. The Balaban J connectivity index is 2.14. The molecule has 1 heterocycles. The van der Waals surface area contributed by atoms with Gasteiger partial charge in [-0.1, -0.05) is 18.2 Å². The maximum absolute atomic E-state index is 12.1. The summed E-state index contributed by atoms with van der Waals surface area (Å²) in [5.41, 5.74) is 6.92. The molecular formula is C11H16N2O3S. The third-order valence-corrected chi connectivity index (χ3v) is 4.58. The van der Waals surface area contributed by atoms with E-state index in [1.165, 1.54) is 4.31 Å². The van der Waals surface area contributed by atoms with Crippen LogP contribution in [0.4, 0.5) is 5.69 Å². The van der Waals surface area contributed by atoms with Crippen molar-refractivity contribution in [1.82, 2.24) is 4.31 Å². The lowest BCUT2D eigenvalue weighted by molar-refractivity contribution is 0.0729. The van der Waals surface area contributed by atoms with Crippen molar-refractivity contribution < 1.29 is 13.2 Å². The van der Waals surface area contributed by atoms with E-state index in [-0.39, 0.29) is 5.75 Å². The predicted octanol–water partition coefficient (Wildman–Crippen LogP) is 0.431. The van der Waals surface area contributed by atoms with E-state index in [0.29, 0.717) is 37.6 Å². The van der Waals surface area contributed by atoms with Crippen LogP contribution in [0.25, 0.3) is 0 Å². The number of sulfonamides is 1. The molecule has 0 spiro atoms. The first kappa shape index (κ1) is 12.3. The molecule has 0 unspecified atom stereocenters. The van der Waals surface area contributed by atoms with Gasteiger partial charge in [-0.2, -0.15) is 4.31 Å². The Labute approximate surface area is 101 Å². The Morgan fingerprint density at radius 2 is 1.88 bits per heavy atom. The summed E-state index contributed by atoms with van der Waals surface area (Å²) in [5.74, 6) is -0.0420. The van der Waals surface area contributed by atoms with Gasteiger partial charge in [-0.25, -0.2) is 8.42 Å². The highest BCUT2D eigenvalue weighted by Crippen LogP contribution is 2.17. The standard InChI is InChI=1S/C11H16N2O3S/c12-11-4-2-1-3-10(11)9-17(14,15)13-5-7-16-8-6-13/h1-4H,5-9,12H2. The smallest absolute Gasteiger partial charge is 0.218 e. The number of nitrogens with zero attached hydrogens (tertiary/aromatic N) is 1. The molecule has 0 atom stereocenters. The van der Waals surface area contributed by atoms with E-state index in [1.807, 2.05) is 0 Å². The Kier molecular flexibility index (Phi) is 3.66. The highest BCUT2D eigenvalue weighted by molar-refractivity contribution is 7.88. The average molecular weight is 256 g/mol. The van der Waals surface area contributed by atoms with E-state index in [2.05, 4.69) is 0 Å². The number of para-hydroxylation sites is 1. The molecular weight excluding hydrogens is 240 g/mol. The van der Waals surface area contributed by atoms with E-state index in [4.69, 9.17) is 10.5 Å². The van der Waals surface area contributed by atoms with Gasteiger partial charge in [-0.15, -0.1) is 0 Å². The van der Waals surface area contributed by atoms with Crippen LogP contribution in [0.2, 0.25) is 0 Å². The van der Waals surface area contributed by atoms with Crippen molar-refractivity contribution in [2.24, 2.45) is 0 Å². The zero-order chi connectivity index (χ0) is 12.3. The minimum absolute atomic E-state index is 0.0420. The van der Waals surface area contributed by atoms with E-state index in [9.17, 15) is 8.42 Å². The van der Waals surface area contributed by atoms with E-state index < -0.39 is 10.0 Å². The summed E-state index contributed by atoms with van der Waals surface area (Å²) >= 11 is 0. The number of rotatable bonds is 3. The maximum Gasteiger partial charge on any atom is 0.218 e. The van der Waals surface area contributed by atoms with Crippen LogP contribution in [0.5, 0.6) is 0 Å². The minimum Gasteiger partial charge on any atom is -0.398 e. The van der Waals surface area contributed by atoms with Gasteiger partial charge in [0.15, 0.2) is 0 Å². The summed E-state index contributed by atoms with van der Waals surface area (Å²) in [5, 5.41) is 0. The molecule has 0 aliphatic carbocycles. The molecule has 1 aromatic carbocycles. The number of anilines is 1. The maximum atomic E-state index is 12.1. The number of ether oxygens (including phenoxy) is 1. The van der Waals surface area contributed by atoms with Gasteiger partial charge in [-0.3, -0.25) is 0 Å². The lowest BCUT2D eigenvalue weighted by atomic mass is 10.2. The molecule has 2 N–H and O–H groups in total. The van der Waals surface area contributed by atoms with Crippen molar-refractivity contribution in [3.63, 3.8) is 0 Å². The lowest BCUT2D eigenvalue weighted by Crippen LogP contribution is -2.41. The second-order valence-electron chi connectivity index (χ2n) is 3.97. The SMILES string of the molecule is Nc1ccccc1CS(=O)(=O)N1CCOCC1. The van der Waals surface area contributed by atoms with Crippen LogP contribution in [0.1, 0.15) is 5.56 Å². The van der Waals surface area contributed by atoms with Crippen molar-refractivity contribution >= 4 is 15.7 Å². The highest BCUT2D eigenvalue weighted by Gasteiger charge is 2.24. The molecule has 0 radical (unpaired) electrons. The molecule has 5 nitrogen and oxygen atoms in total. The summed E-state index contributed by atoms with van der Waals surface area (Å²) in [7, 11) is -3.29. The Morgan fingerprint density at radius 3 is 2.53 bits per heavy atom. The van der Waals surface area contributed by atoms with Gasteiger partial charge in [-0.05, 0) is 11.6 Å². The molecule has 0 bridgehead atoms. The van der Waals surface area contributed by atoms with Crippen LogP contribution >= 0.6 is 0 Å². The first-order chi connectivity index (χ1) is 8.09. The van der Waals surface area contributed by atoms with Gasteiger partial charge in [0.05, 0.1) is 19.0 Å². The minimum atomic E-state index is -3.29. The van der Waals surface area contributed by atoms with Crippen LogP contribution in [0.3, 0.4) is 0 Å². The third-order valence-electron chi connectivity index (χ3n) is 2.76. The van der Waals surface area contributed by atoms with E-state index in [0.717, 1.165) is 0 Å². The molecule has 1 aliphatic rings. The summed E-state index contributed by atoms with van der Waals surface area (Å²) in [6, 6.07) is 7.04. The normalized spacial score (nSPS) is 18.1. The first-order valence-electron chi connectivity index (χ1n) is 5.48. The van der Waals surface area contributed by atoms with Crippen molar-refractivity contribution in [2.45, 2.75) is 5.75 Å². The summed E-state index contributed by atoms with van der Waals surface area (Å²) < 4.78 is 30.8. The number of hydrogen-bond donors (Lipinski definition) is 1. The molecule has 2 rings (SSSR count). The second-order valence-corrected chi connectivity index (χ2v) is 5.94. The second kappa shape index (κ2) is 5.03. The predicted molar refractivity (Wildman–Crippen MR) is 65.9 cm³/mol. The third kappa shape index (κ3) is 2.96. The zero-order valence-corrected chi connectivity index (χ0v) is 10.3. The molecule has 17 heavy (non-hydrogen) atoms. The van der Waals surface area contributed by atoms with Gasteiger partial charge in [0.25, 0.3) is 0 Å². The van der Waals surface area contributed by atoms with Crippen molar-refractivity contribution in [3.8, 4) is 0 Å². The van der Waals surface area contributed by atoms with Crippen molar-refractivity contribution in [2.75, 3.05) is 32.0 Å². The quantitative estimate of drug-likeness (QED) is 0.796. The van der Waals surface area contributed by atoms with Crippen LogP contribution in [0.15, 0.2) is 24.3 Å².